The second-order valence-corrected chi connectivity index (χ2v) is 6.50. The summed E-state index contributed by atoms with van der Waals surface area (Å²) >= 11 is 1.70. The van der Waals surface area contributed by atoms with Crippen molar-refractivity contribution in [3.8, 4) is 0 Å². The maximum Gasteiger partial charge on any atom is 0.220 e. The molecule has 2 atom stereocenters. The molecule has 0 bridgehead atoms. The number of amides is 1. The lowest BCUT2D eigenvalue weighted by Crippen LogP contribution is -2.36. The topological polar surface area (TPSA) is 49.3 Å². The minimum atomic E-state index is -0.234. The molecule has 2 N–H and O–H groups in total. The highest BCUT2D eigenvalue weighted by Gasteiger charge is 2.23. The van der Waals surface area contributed by atoms with E-state index >= 15 is 0 Å². The fraction of sp³-hybridized carbons (Fsp3) is 0.562. The van der Waals surface area contributed by atoms with Gasteiger partial charge in [0.15, 0.2) is 0 Å². The van der Waals surface area contributed by atoms with E-state index in [1.807, 2.05) is 18.2 Å². The van der Waals surface area contributed by atoms with E-state index in [4.69, 9.17) is 0 Å². The maximum atomic E-state index is 11.8. The van der Waals surface area contributed by atoms with Crippen molar-refractivity contribution in [3.05, 3.63) is 30.3 Å². The number of carbonyl (C=O) groups excluding carboxylic acids is 1. The molecule has 1 amide bonds. The molecule has 1 aromatic rings. The van der Waals surface area contributed by atoms with E-state index in [0.717, 1.165) is 25.0 Å². The molecule has 2 unspecified atom stereocenters. The smallest absolute Gasteiger partial charge is 0.220 e. The van der Waals surface area contributed by atoms with Crippen LogP contribution in [0.15, 0.2) is 35.2 Å². The zero-order chi connectivity index (χ0) is 14.2. The van der Waals surface area contributed by atoms with E-state index in [0.29, 0.717) is 13.0 Å². The monoisotopic (exact) mass is 293 g/mol. The van der Waals surface area contributed by atoms with Crippen LogP contribution in [0.5, 0.6) is 0 Å². The number of carbonyl (C=O) groups is 1. The van der Waals surface area contributed by atoms with Gasteiger partial charge in [-0.3, -0.25) is 4.79 Å². The largest absolute Gasteiger partial charge is 0.393 e. The zero-order valence-corrected chi connectivity index (χ0v) is 12.6. The number of hydrogen-bond donors (Lipinski definition) is 2. The Labute approximate surface area is 125 Å². The summed E-state index contributed by atoms with van der Waals surface area (Å²) < 4.78 is 0. The number of hydrogen-bond acceptors (Lipinski definition) is 3. The molecule has 1 saturated carbocycles. The molecule has 1 fully saturated rings. The van der Waals surface area contributed by atoms with Crippen LogP contribution in [0.25, 0.3) is 0 Å². The first-order valence-electron chi connectivity index (χ1n) is 7.38. The van der Waals surface area contributed by atoms with Gasteiger partial charge in [-0.2, -0.15) is 0 Å². The van der Waals surface area contributed by atoms with E-state index in [2.05, 4.69) is 17.4 Å². The van der Waals surface area contributed by atoms with Crippen molar-refractivity contribution in [1.82, 2.24) is 5.32 Å². The van der Waals surface area contributed by atoms with Crippen LogP contribution in [-0.2, 0) is 4.79 Å². The molecule has 1 aliphatic rings. The number of nitrogens with one attached hydrogen (secondary N) is 1. The lowest BCUT2D eigenvalue weighted by molar-refractivity contribution is -0.121. The Morgan fingerprint density at radius 2 is 2.00 bits per heavy atom. The third-order valence-electron chi connectivity index (χ3n) is 3.77. The van der Waals surface area contributed by atoms with Crippen LogP contribution < -0.4 is 5.32 Å². The third kappa shape index (κ3) is 5.17. The summed E-state index contributed by atoms with van der Waals surface area (Å²) in [6.07, 6.45) is 4.48. The lowest BCUT2D eigenvalue weighted by Gasteiger charge is -2.27. The standard InChI is InChI=1S/C16H23NO2S/c18-15-9-5-4-6-13(15)12-17-16(19)10-11-20-14-7-2-1-3-8-14/h1-3,7-8,13,15,18H,4-6,9-12H2,(H,17,19). The van der Waals surface area contributed by atoms with Crippen molar-refractivity contribution >= 4 is 17.7 Å². The van der Waals surface area contributed by atoms with Gasteiger partial charge < -0.3 is 10.4 Å². The predicted octanol–water partition coefficient (Wildman–Crippen LogP) is 2.84. The van der Waals surface area contributed by atoms with Crippen molar-refractivity contribution in [1.29, 1.82) is 0 Å². The molecule has 4 heteroatoms. The second kappa shape index (κ2) is 8.32. The number of benzene rings is 1. The summed E-state index contributed by atoms with van der Waals surface area (Å²) in [6.45, 7) is 0.621. The van der Waals surface area contributed by atoms with Crippen LogP contribution in [-0.4, -0.2) is 29.4 Å². The van der Waals surface area contributed by atoms with Crippen molar-refractivity contribution < 1.29 is 9.90 Å². The lowest BCUT2D eigenvalue weighted by atomic mass is 9.86. The van der Waals surface area contributed by atoms with Gasteiger partial charge in [0.1, 0.15) is 0 Å². The van der Waals surface area contributed by atoms with Crippen LogP contribution in [0.1, 0.15) is 32.1 Å². The normalized spacial score (nSPS) is 22.4. The van der Waals surface area contributed by atoms with Crippen molar-refractivity contribution in [2.24, 2.45) is 5.92 Å². The highest BCUT2D eigenvalue weighted by atomic mass is 32.2. The number of aliphatic hydroxyl groups excluding tert-OH is 1. The fourth-order valence-electron chi connectivity index (χ4n) is 2.54. The van der Waals surface area contributed by atoms with Crippen LogP contribution in [0.3, 0.4) is 0 Å². The predicted molar refractivity (Wildman–Crippen MR) is 82.8 cm³/mol. The molecule has 1 aromatic carbocycles. The van der Waals surface area contributed by atoms with Crippen LogP contribution in [0.2, 0.25) is 0 Å². The van der Waals surface area contributed by atoms with Crippen molar-refractivity contribution in [2.45, 2.75) is 43.1 Å². The van der Waals surface area contributed by atoms with E-state index in [1.54, 1.807) is 11.8 Å². The molecular weight excluding hydrogens is 270 g/mol. The molecule has 3 nitrogen and oxygen atoms in total. The zero-order valence-electron chi connectivity index (χ0n) is 11.8. The average Bonchev–Trinajstić information content (AvgIpc) is 2.47. The highest BCUT2D eigenvalue weighted by Crippen LogP contribution is 2.23. The van der Waals surface area contributed by atoms with Crippen LogP contribution in [0, 0.1) is 5.92 Å². The first-order valence-corrected chi connectivity index (χ1v) is 8.37. The van der Waals surface area contributed by atoms with Gasteiger partial charge in [0.25, 0.3) is 0 Å². The van der Waals surface area contributed by atoms with Crippen LogP contribution >= 0.6 is 11.8 Å². The van der Waals surface area contributed by atoms with Gasteiger partial charge in [-0.1, -0.05) is 31.0 Å². The number of aliphatic hydroxyl groups is 1. The van der Waals surface area contributed by atoms with Gasteiger partial charge in [-0.05, 0) is 25.0 Å². The highest BCUT2D eigenvalue weighted by molar-refractivity contribution is 7.99. The molecule has 0 heterocycles. The third-order valence-corrected chi connectivity index (χ3v) is 4.79. The fourth-order valence-corrected chi connectivity index (χ4v) is 3.41. The number of rotatable bonds is 6. The van der Waals surface area contributed by atoms with E-state index in [-0.39, 0.29) is 17.9 Å². The Kier molecular flexibility index (Phi) is 6.40. The van der Waals surface area contributed by atoms with Gasteiger partial charge >= 0.3 is 0 Å². The van der Waals surface area contributed by atoms with Crippen LogP contribution in [0.4, 0.5) is 0 Å². The molecule has 2 rings (SSSR count). The maximum absolute atomic E-state index is 11.8. The summed E-state index contributed by atoms with van der Waals surface area (Å²) in [4.78, 5) is 13.0. The quantitative estimate of drug-likeness (QED) is 0.793. The SMILES string of the molecule is O=C(CCSc1ccccc1)NCC1CCCCC1O. The Bertz CT molecular complexity index is 410. The van der Waals surface area contributed by atoms with Gasteiger partial charge in [-0.15, -0.1) is 11.8 Å². The molecule has 0 saturated heterocycles. The van der Waals surface area contributed by atoms with Gasteiger partial charge in [0, 0.05) is 29.5 Å². The Morgan fingerprint density at radius 3 is 2.75 bits per heavy atom. The van der Waals surface area contributed by atoms with Crippen molar-refractivity contribution in [3.63, 3.8) is 0 Å². The number of thioether (sulfide) groups is 1. The minimum Gasteiger partial charge on any atom is -0.393 e. The Morgan fingerprint density at radius 1 is 1.25 bits per heavy atom. The molecular formula is C16H23NO2S. The van der Waals surface area contributed by atoms with E-state index < -0.39 is 0 Å². The molecule has 20 heavy (non-hydrogen) atoms. The van der Waals surface area contributed by atoms with Crippen molar-refractivity contribution in [2.75, 3.05) is 12.3 Å². The minimum absolute atomic E-state index is 0.0891. The van der Waals surface area contributed by atoms with E-state index in [9.17, 15) is 9.90 Å². The Balaban J connectivity index is 1.60. The van der Waals surface area contributed by atoms with Gasteiger partial charge in [-0.25, -0.2) is 0 Å². The molecule has 110 valence electrons. The summed E-state index contributed by atoms with van der Waals surface area (Å²) in [7, 11) is 0. The molecule has 0 aliphatic heterocycles. The van der Waals surface area contributed by atoms with Gasteiger partial charge in [0.2, 0.25) is 5.91 Å². The second-order valence-electron chi connectivity index (χ2n) is 5.33. The summed E-state index contributed by atoms with van der Waals surface area (Å²) in [5.41, 5.74) is 0. The summed E-state index contributed by atoms with van der Waals surface area (Å²) in [5.74, 6) is 1.13. The Hall–Kier alpha value is -1.00. The molecule has 0 spiro atoms. The first kappa shape index (κ1) is 15.4. The molecule has 0 aromatic heterocycles. The molecule has 1 aliphatic carbocycles. The first-order chi connectivity index (χ1) is 9.75. The van der Waals surface area contributed by atoms with E-state index in [1.165, 1.54) is 11.3 Å². The average molecular weight is 293 g/mol. The van der Waals surface area contributed by atoms with Gasteiger partial charge in [0.05, 0.1) is 6.10 Å². The molecule has 0 radical (unpaired) electrons. The summed E-state index contributed by atoms with van der Waals surface area (Å²) in [6, 6.07) is 10.1. The summed E-state index contributed by atoms with van der Waals surface area (Å²) in [5, 5.41) is 12.8.